The van der Waals surface area contributed by atoms with Gasteiger partial charge in [-0.15, -0.1) is 0 Å². The van der Waals surface area contributed by atoms with E-state index in [0.717, 1.165) is 38.8 Å². The Morgan fingerprint density at radius 3 is 3.06 bits per heavy atom. The highest BCUT2D eigenvalue weighted by Gasteiger charge is 2.34. The smallest absolute Gasteiger partial charge is 0.225 e. The molecule has 2 aliphatic heterocycles. The normalized spacial score (nSPS) is 32.4. The van der Waals surface area contributed by atoms with Gasteiger partial charge >= 0.3 is 0 Å². The summed E-state index contributed by atoms with van der Waals surface area (Å²) in [7, 11) is 1.71. The molecule has 2 rings (SSSR count). The van der Waals surface area contributed by atoms with Crippen LogP contribution in [0, 0.1) is 5.92 Å². The lowest BCUT2D eigenvalue weighted by Gasteiger charge is -2.30. The van der Waals surface area contributed by atoms with Gasteiger partial charge in [-0.05, 0) is 32.2 Å². The Kier molecular flexibility index (Phi) is 4.97. The van der Waals surface area contributed by atoms with Gasteiger partial charge in [-0.3, -0.25) is 4.79 Å². The number of amides is 1. The third-order valence-electron chi connectivity index (χ3n) is 3.88. The molecule has 2 saturated heterocycles. The van der Waals surface area contributed by atoms with Crippen molar-refractivity contribution >= 4 is 5.91 Å². The van der Waals surface area contributed by atoms with Gasteiger partial charge in [0.05, 0.1) is 24.7 Å². The Morgan fingerprint density at radius 2 is 2.44 bits per heavy atom. The van der Waals surface area contributed by atoms with Crippen LogP contribution in [-0.4, -0.2) is 51.5 Å². The molecular weight excluding hydrogens is 232 g/mol. The number of rotatable bonds is 5. The summed E-state index contributed by atoms with van der Waals surface area (Å²) in [6.07, 6.45) is 4.13. The summed E-state index contributed by atoms with van der Waals surface area (Å²) in [5.41, 5.74) is -0.0695. The van der Waals surface area contributed by atoms with Crippen molar-refractivity contribution in [3.05, 3.63) is 0 Å². The van der Waals surface area contributed by atoms with Gasteiger partial charge in [-0.2, -0.15) is 0 Å². The van der Waals surface area contributed by atoms with Crippen molar-refractivity contribution in [2.24, 2.45) is 5.92 Å². The maximum absolute atomic E-state index is 12.0. The molecule has 2 unspecified atom stereocenters. The fourth-order valence-electron chi connectivity index (χ4n) is 2.82. The highest BCUT2D eigenvalue weighted by molar-refractivity contribution is 5.78. The van der Waals surface area contributed by atoms with E-state index in [1.54, 1.807) is 7.11 Å². The number of nitrogens with one attached hydrogen (secondary N) is 2. The first-order chi connectivity index (χ1) is 8.76. The van der Waals surface area contributed by atoms with E-state index in [1.807, 2.05) is 0 Å². The minimum absolute atomic E-state index is 0.0275. The zero-order valence-corrected chi connectivity index (χ0v) is 11.2. The van der Waals surface area contributed by atoms with E-state index in [4.69, 9.17) is 9.47 Å². The molecule has 0 aromatic carbocycles. The van der Waals surface area contributed by atoms with Gasteiger partial charge in [0.1, 0.15) is 0 Å². The van der Waals surface area contributed by atoms with Crippen LogP contribution in [0.1, 0.15) is 25.7 Å². The Balaban J connectivity index is 1.79. The molecule has 2 atom stereocenters. The first-order valence-electron chi connectivity index (χ1n) is 6.85. The largest absolute Gasteiger partial charge is 0.383 e. The zero-order chi connectivity index (χ0) is 12.8. The summed E-state index contributed by atoms with van der Waals surface area (Å²) in [4.78, 5) is 12.0. The molecule has 2 heterocycles. The van der Waals surface area contributed by atoms with E-state index < -0.39 is 0 Å². The quantitative estimate of drug-likeness (QED) is 0.742. The second-order valence-corrected chi connectivity index (χ2v) is 5.38. The molecule has 0 bridgehead atoms. The number of carbonyl (C=O) groups is 1. The maximum atomic E-state index is 12.0. The highest BCUT2D eigenvalue weighted by atomic mass is 16.5. The summed E-state index contributed by atoms with van der Waals surface area (Å²) in [6.45, 7) is 3.66. The molecule has 0 spiro atoms. The van der Waals surface area contributed by atoms with Gasteiger partial charge in [-0.25, -0.2) is 0 Å². The minimum Gasteiger partial charge on any atom is -0.383 e. The van der Waals surface area contributed by atoms with Gasteiger partial charge < -0.3 is 20.1 Å². The molecule has 2 aliphatic rings. The second-order valence-electron chi connectivity index (χ2n) is 5.38. The molecule has 2 fully saturated rings. The predicted octanol–water partition coefficient (Wildman–Crippen LogP) is 0.298. The van der Waals surface area contributed by atoms with E-state index in [1.165, 1.54) is 0 Å². The van der Waals surface area contributed by atoms with Crippen molar-refractivity contribution in [1.82, 2.24) is 10.6 Å². The molecule has 104 valence electrons. The number of ether oxygens (including phenoxy) is 2. The van der Waals surface area contributed by atoms with Crippen LogP contribution in [0.4, 0.5) is 0 Å². The van der Waals surface area contributed by atoms with Crippen LogP contribution in [-0.2, 0) is 14.3 Å². The fraction of sp³-hybridized carbons (Fsp3) is 0.923. The van der Waals surface area contributed by atoms with Crippen molar-refractivity contribution in [3.8, 4) is 0 Å². The first-order valence-corrected chi connectivity index (χ1v) is 6.85. The van der Waals surface area contributed by atoms with Gasteiger partial charge in [0.15, 0.2) is 0 Å². The fourth-order valence-corrected chi connectivity index (χ4v) is 2.82. The minimum atomic E-state index is -0.0695. The van der Waals surface area contributed by atoms with Crippen molar-refractivity contribution < 1.29 is 14.3 Å². The number of hydrogen-bond acceptors (Lipinski definition) is 4. The van der Waals surface area contributed by atoms with E-state index in [2.05, 4.69) is 10.6 Å². The average Bonchev–Trinajstić information content (AvgIpc) is 2.87. The molecular formula is C13H24N2O3. The Labute approximate surface area is 109 Å². The summed E-state index contributed by atoms with van der Waals surface area (Å²) in [6, 6.07) is 0. The van der Waals surface area contributed by atoms with Gasteiger partial charge in [0.25, 0.3) is 0 Å². The Bertz CT molecular complexity index is 271. The van der Waals surface area contributed by atoms with Crippen LogP contribution in [0.25, 0.3) is 0 Å². The molecule has 5 nitrogen and oxygen atoms in total. The predicted molar refractivity (Wildman–Crippen MR) is 68.4 cm³/mol. The SMILES string of the molecule is COCC1(CNC(=O)C2CCCOC2)CCCN1. The average molecular weight is 256 g/mol. The molecule has 1 amide bonds. The third kappa shape index (κ3) is 3.43. The van der Waals surface area contributed by atoms with Crippen molar-refractivity contribution in [2.45, 2.75) is 31.2 Å². The lowest BCUT2D eigenvalue weighted by molar-refractivity contribution is -0.129. The van der Waals surface area contributed by atoms with Crippen molar-refractivity contribution in [1.29, 1.82) is 0 Å². The lowest BCUT2D eigenvalue weighted by atomic mass is 9.97. The Hall–Kier alpha value is -0.650. The highest BCUT2D eigenvalue weighted by Crippen LogP contribution is 2.19. The molecule has 0 saturated carbocycles. The van der Waals surface area contributed by atoms with Crippen LogP contribution in [0.3, 0.4) is 0 Å². The molecule has 0 aromatic rings. The van der Waals surface area contributed by atoms with E-state index >= 15 is 0 Å². The zero-order valence-electron chi connectivity index (χ0n) is 11.2. The molecule has 0 aliphatic carbocycles. The molecule has 2 N–H and O–H groups in total. The van der Waals surface area contributed by atoms with Crippen LogP contribution in [0.15, 0.2) is 0 Å². The van der Waals surface area contributed by atoms with Crippen molar-refractivity contribution in [3.63, 3.8) is 0 Å². The van der Waals surface area contributed by atoms with Gasteiger partial charge in [0.2, 0.25) is 5.91 Å². The molecule has 0 radical (unpaired) electrons. The van der Waals surface area contributed by atoms with E-state index in [9.17, 15) is 4.79 Å². The summed E-state index contributed by atoms with van der Waals surface area (Å²) < 4.78 is 10.6. The summed E-state index contributed by atoms with van der Waals surface area (Å²) in [5.74, 6) is 0.152. The molecule has 0 aromatic heterocycles. The number of carbonyl (C=O) groups excluding carboxylic acids is 1. The topological polar surface area (TPSA) is 59.6 Å². The van der Waals surface area contributed by atoms with E-state index in [0.29, 0.717) is 19.8 Å². The standard InChI is InChI=1S/C13H24N2O3/c1-17-10-13(5-3-6-15-13)9-14-12(16)11-4-2-7-18-8-11/h11,15H,2-10H2,1H3,(H,14,16). The summed E-state index contributed by atoms with van der Waals surface area (Å²) in [5, 5.41) is 6.52. The van der Waals surface area contributed by atoms with Crippen LogP contribution < -0.4 is 10.6 Å². The number of methoxy groups -OCH3 is 1. The second kappa shape index (κ2) is 6.50. The molecule has 5 heteroatoms. The monoisotopic (exact) mass is 256 g/mol. The summed E-state index contributed by atoms with van der Waals surface area (Å²) >= 11 is 0. The third-order valence-corrected chi connectivity index (χ3v) is 3.88. The van der Waals surface area contributed by atoms with Crippen LogP contribution in [0.2, 0.25) is 0 Å². The van der Waals surface area contributed by atoms with Crippen LogP contribution >= 0.6 is 0 Å². The van der Waals surface area contributed by atoms with Gasteiger partial charge in [-0.1, -0.05) is 0 Å². The molecule has 18 heavy (non-hydrogen) atoms. The van der Waals surface area contributed by atoms with Gasteiger partial charge in [0, 0.05) is 20.3 Å². The number of hydrogen-bond donors (Lipinski definition) is 2. The Morgan fingerprint density at radius 1 is 1.56 bits per heavy atom. The van der Waals surface area contributed by atoms with Crippen LogP contribution in [0.5, 0.6) is 0 Å². The lowest BCUT2D eigenvalue weighted by Crippen LogP contribution is -2.54. The first kappa shape index (κ1) is 13.8. The maximum Gasteiger partial charge on any atom is 0.225 e. The van der Waals surface area contributed by atoms with Crippen molar-refractivity contribution in [2.75, 3.05) is 40.0 Å². The van der Waals surface area contributed by atoms with E-state index in [-0.39, 0.29) is 17.4 Å².